The summed E-state index contributed by atoms with van der Waals surface area (Å²) in [5.74, 6) is -24.9. The molecule has 6 rings (SSSR count). The van der Waals surface area contributed by atoms with Crippen LogP contribution < -0.4 is 0 Å². The summed E-state index contributed by atoms with van der Waals surface area (Å²) >= 11 is 10.5. The van der Waals surface area contributed by atoms with Crippen molar-refractivity contribution in [3.05, 3.63) is 34.9 Å². The first-order valence-corrected chi connectivity index (χ1v) is 25.0. The number of hydrogen-bond donors (Lipinski definition) is 0. The SMILES string of the molecule is O=C1OCC(C(=O)OC(C(F)(F)F)C(F)(F)F)O1.O=C1OCC(C(=O)OCC(F)(F)C(F)(F)C(F)(F)F)O1.O=C1OCC(C(=O)OCC(F)(F)C(F)(F)F)O1.O=C1OCC(C(=O)OCC=C(Cl)Cl)O1.O=C1OCC(C(=O)OCC=C(F)F)O1.O=C1OCC(C(=O)OCCC=C(F)F)O1. The van der Waals surface area contributed by atoms with Gasteiger partial charge in [0.05, 0.1) is 6.61 Å². The molecular formula is C44H34Cl2F22O30. The minimum Gasteiger partial charge on any atom is -0.463 e. The molecule has 0 saturated carbocycles. The molecule has 98 heavy (non-hydrogen) atoms. The molecule has 0 radical (unpaired) electrons. The lowest BCUT2D eigenvalue weighted by atomic mass is 10.2. The molecule has 558 valence electrons. The van der Waals surface area contributed by atoms with Gasteiger partial charge in [-0.25, -0.2) is 57.5 Å². The fraction of sp³-hybridized carbons (Fsp3) is 0.591. The molecule has 0 aromatic heterocycles. The minimum absolute atomic E-state index is 0.00235. The number of hydrogen-bond acceptors (Lipinski definition) is 30. The molecule has 54 heteroatoms. The summed E-state index contributed by atoms with van der Waals surface area (Å²) in [4.78, 5) is 128. The number of rotatable bonds is 19. The first-order chi connectivity index (χ1) is 44.8. The van der Waals surface area contributed by atoms with Gasteiger partial charge in [0, 0.05) is 12.5 Å². The van der Waals surface area contributed by atoms with Gasteiger partial charge in [-0.15, -0.1) is 0 Å². The van der Waals surface area contributed by atoms with Crippen molar-refractivity contribution in [3.63, 3.8) is 0 Å². The van der Waals surface area contributed by atoms with E-state index in [4.69, 9.17) is 23.2 Å². The number of carbonyl (C=O) groups excluding carboxylic acids is 12. The van der Waals surface area contributed by atoms with Crippen LogP contribution in [0.4, 0.5) is 125 Å². The van der Waals surface area contributed by atoms with Gasteiger partial charge in [0.15, 0.2) is 13.2 Å². The number of carbonyl (C=O) groups is 12. The van der Waals surface area contributed by atoms with E-state index in [0.717, 1.165) is 0 Å². The van der Waals surface area contributed by atoms with Crippen LogP contribution in [-0.2, 0) is 114 Å². The Kier molecular flexibility index (Phi) is 33.6. The zero-order valence-corrected chi connectivity index (χ0v) is 48.1. The van der Waals surface area contributed by atoms with Gasteiger partial charge >= 0.3 is 115 Å². The lowest BCUT2D eigenvalue weighted by molar-refractivity contribution is -0.360. The van der Waals surface area contributed by atoms with Crippen molar-refractivity contribution in [2.24, 2.45) is 0 Å². The van der Waals surface area contributed by atoms with Crippen LogP contribution in [0.25, 0.3) is 0 Å². The summed E-state index contributed by atoms with van der Waals surface area (Å²) in [6.07, 6.45) is -45.1. The predicted octanol–water partition coefficient (Wildman–Crippen LogP) is 8.18. The maximum atomic E-state index is 12.7. The molecule has 0 bridgehead atoms. The molecule has 0 amide bonds. The molecule has 6 heterocycles. The van der Waals surface area contributed by atoms with Crippen LogP contribution >= 0.6 is 23.2 Å². The summed E-state index contributed by atoms with van der Waals surface area (Å²) in [6.45, 7) is -8.24. The van der Waals surface area contributed by atoms with E-state index in [1.165, 1.54) is 6.08 Å². The highest BCUT2D eigenvalue weighted by Gasteiger charge is 2.73. The van der Waals surface area contributed by atoms with E-state index in [1.54, 1.807) is 0 Å². The molecule has 6 unspecified atom stereocenters. The molecule has 6 atom stereocenters. The van der Waals surface area contributed by atoms with Gasteiger partial charge in [0.25, 0.3) is 18.3 Å². The summed E-state index contributed by atoms with van der Waals surface area (Å²) < 4.78 is 338. The third-order valence-corrected chi connectivity index (χ3v) is 9.87. The number of halogens is 24. The van der Waals surface area contributed by atoms with Gasteiger partial charge in [-0.05, 0) is 12.2 Å². The Hall–Kier alpha value is -9.30. The summed E-state index contributed by atoms with van der Waals surface area (Å²) in [5.41, 5.74) is 0. The molecule has 0 aromatic rings. The summed E-state index contributed by atoms with van der Waals surface area (Å²) in [5, 5.41) is 0. The molecule has 6 aliphatic rings. The van der Waals surface area contributed by atoms with Crippen LogP contribution in [-0.4, -0.2) is 231 Å². The number of alkyl halides is 18. The van der Waals surface area contributed by atoms with E-state index < -0.39 is 210 Å². The van der Waals surface area contributed by atoms with Crippen LogP contribution in [0, 0.1) is 0 Å². The fourth-order valence-corrected chi connectivity index (χ4v) is 5.17. The maximum Gasteiger partial charge on any atom is 0.509 e. The zero-order chi connectivity index (χ0) is 75.5. The van der Waals surface area contributed by atoms with Gasteiger partial charge in [0.2, 0.25) is 36.6 Å². The zero-order valence-electron chi connectivity index (χ0n) is 46.6. The van der Waals surface area contributed by atoms with Gasteiger partial charge in [-0.2, -0.15) is 96.6 Å². The van der Waals surface area contributed by atoms with Gasteiger partial charge in [-0.3, -0.25) is 0 Å². The number of esters is 6. The topological polar surface area (TPSA) is 371 Å². The lowest BCUT2D eigenvalue weighted by Crippen LogP contribution is -2.54. The molecule has 0 N–H and O–H groups in total. The fourth-order valence-electron chi connectivity index (χ4n) is 5.04. The van der Waals surface area contributed by atoms with E-state index in [1.807, 2.05) is 0 Å². The van der Waals surface area contributed by atoms with E-state index in [-0.39, 0.29) is 43.9 Å². The Labute approximate surface area is 534 Å². The van der Waals surface area contributed by atoms with Crippen LogP contribution in [0.3, 0.4) is 0 Å². The molecule has 6 aliphatic heterocycles. The van der Waals surface area contributed by atoms with Gasteiger partial charge in [-0.1, -0.05) is 23.2 Å². The highest BCUT2D eigenvalue weighted by molar-refractivity contribution is 6.55. The van der Waals surface area contributed by atoms with Gasteiger partial charge in [0.1, 0.15) is 57.3 Å². The van der Waals surface area contributed by atoms with Gasteiger partial charge < -0.3 is 85.3 Å². The Morgan fingerprint density at radius 2 is 0.663 bits per heavy atom. The average Bonchev–Trinajstić information content (AvgIpc) is 1.25. The van der Waals surface area contributed by atoms with Crippen molar-refractivity contribution < 1.29 is 239 Å². The Morgan fingerprint density at radius 3 is 0.918 bits per heavy atom. The molecule has 0 aromatic carbocycles. The summed E-state index contributed by atoms with van der Waals surface area (Å²) in [6, 6.07) is 0. The molecule has 6 fully saturated rings. The quantitative estimate of drug-likeness (QED) is 0.0509. The Morgan fingerprint density at radius 1 is 0.388 bits per heavy atom. The highest BCUT2D eigenvalue weighted by atomic mass is 35.5. The molecule has 0 aliphatic carbocycles. The largest absolute Gasteiger partial charge is 0.509 e. The van der Waals surface area contributed by atoms with E-state index in [9.17, 15) is 154 Å². The number of ether oxygens (including phenoxy) is 18. The second-order valence-corrected chi connectivity index (χ2v) is 17.8. The van der Waals surface area contributed by atoms with E-state index in [0.29, 0.717) is 12.2 Å². The van der Waals surface area contributed by atoms with Crippen molar-refractivity contribution in [3.8, 4) is 0 Å². The van der Waals surface area contributed by atoms with Crippen molar-refractivity contribution >= 4 is 95.9 Å². The second kappa shape index (κ2) is 38.0. The van der Waals surface area contributed by atoms with Crippen LogP contribution in [0.2, 0.25) is 0 Å². The van der Waals surface area contributed by atoms with Crippen LogP contribution in [0.5, 0.6) is 0 Å². The second-order valence-electron chi connectivity index (χ2n) is 16.8. The Balaban J connectivity index is 0.000000591. The monoisotopic (exact) mass is 1530 g/mol. The predicted molar refractivity (Wildman–Crippen MR) is 246 cm³/mol. The smallest absolute Gasteiger partial charge is 0.463 e. The van der Waals surface area contributed by atoms with Crippen LogP contribution in [0.15, 0.2) is 34.9 Å². The molecule has 30 nitrogen and oxygen atoms in total. The van der Waals surface area contributed by atoms with E-state index >= 15 is 0 Å². The molecule has 0 spiro atoms. The standard InChI is InChI=1S/C8H5F7O5.C8H8F2O5.C7H6Cl2O5.C7H4F6O5.C7H5F5O5.C7H6F2O5/c9-6(10,7(11,12)8(13,14)15)2-19-4(16)3-1-18-5(17)20-3;9-6(10)2-1-3-13-7(11)5-4-14-8(12)15-5;8-5(9)1-2-12-6(10)4-3-13-7(11)14-4;8-6(9,10)4(7(11,12)13)18-3(14)2-1-16-5(15)17-2;8-6(9,7(10,11)12)2-16-4(13)3-1-15-5(14)17-3;8-5(9)1-2-12-6(10)4-3-13-7(11)14-4/h3H,1-2H2;2,5H,1,3-4H2;1,4H,2-3H2;2,4H,1H2;3H,1-2H2;1,4H,2-3H2. The van der Waals surface area contributed by atoms with Crippen LogP contribution in [0.1, 0.15) is 6.42 Å². The minimum atomic E-state index is -6.52. The van der Waals surface area contributed by atoms with Crippen molar-refractivity contribution in [1.82, 2.24) is 0 Å². The summed E-state index contributed by atoms with van der Waals surface area (Å²) in [7, 11) is 0. The lowest BCUT2D eigenvalue weighted by Gasteiger charge is -2.27. The third-order valence-electron chi connectivity index (χ3n) is 9.56. The molecule has 6 saturated heterocycles. The van der Waals surface area contributed by atoms with E-state index in [2.05, 4.69) is 85.3 Å². The van der Waals surface area contributed by atoms with Crippen molar-refractivity contribution in [2.75, 3.05) is 72.7 Å². The average molecular weight is 1530 g/mol. The maximum absolute atomic E-state index is 12.7. The molecular weight excluding hydrogens is 1500 g/mol. The normalized spacial score (nSPS) is 20.1. The Bertz CT molecular complexity index is 2820. The van der Waals surface area contributed by atoms with Crippen molar-refractivity contribution in [1.29, 1.82) is 0 Å². The van der Waals surface area contributed by atoms with Crippen molar-refractivity contribution in [2.45, 2.75) is 91.6 Å². The first-order valence-electron chi connectivity index (χ1n) is 24.3. The third kappa shape index (κ3) is 31.3. The first kappa shape index (κ1) is 86.7. The highest BCUT2D eigenvalue weighted by Crippen LogP contribution is 2.47. The number of cyclic esters (lactones) is 12.